The molecule has 0 radical (unpaired) electrons. The van der Waals surface area contributed by atoms with E-state index >= 15 is 0 Å². The normalized spacial score (nSPS) is 10.3. The summed E-state index contributed by atoms with van der Waals surface area (Å²) >= 11 is 3.39. The number of benzene rings is 2. The third-order valence-electron chi connectivity index (χ3n) is 2.86. The van der Waals surface area contributed by atoms with Gasteiger partial charge in [0.15, 0.2) is 0 Å². The van der Waals surface area contributed by atoms with Crippen molar-refractivity contribution in [3.8, 4) is 0 Å². The van der Waals surface area contributed by atoms with E-state index < -0.39 is 0 Å². The lowest BCUT2D eigenvalue weighted by Gasteiger charge is -2.08. The summed E-state index contributed by atoms with van der Waals surface area (Å²) in [7, 11) is 1.38. The van der Waals surface area contributed by atoms with Crippen molar-refractivity contribution in [1.82, 2.24) is 0 Å². The summed E-state index contributed by atoms with van der Waals surface area (Å²) in [4.78, 5) is 11.6. The maximum atomic E-state index is 11.6. The molecule has 0 amide bonds. The summed E-state index contributed by atoms with van der Waals surface area (Å²) in [5.74, 6) is -0.340. The number of ether oxygens (including phenoxy) is 2. The minimum Gasteiger partial charge on any atom is -0.465 e. The number of carbonyl (C=O) groups is 1. The van der Waals surface area contributed by atoms with Crippen LogP contribution in [-0.2, 0) is 22.7 Å². The van der Waals surface area contributed by atoms with Crippen molar-refractivity contribution in [2.24, 2.45) is 0 Å². The monoisotopic (exact) mass is 334 g/mol. The van der Waals surface area contributed by atoms with E-state index in [0.717, 1.165) is 15.6 Å². The van der Waals surface area contributed by atoms with Crippen LogP contribution < -0.4 is 0 Å². The first-order valence-corrected chi connectivity index (χ1v) is 6.98. The minimum atomic E-state index is -0.340. The second-order valence-electron chi connectivity index (χ2n) is 4.27. The number of carbonyl (C=O) groups excluding carboxylic acids is 1. The third kappa shape index (κ3) is 3.92. The number of methoxy groups -OCH3 is 1. The standard InChI is InChI=1S/C16H15BrO3/c1-19-16(18)15-5-3-2-4-13(15)11-20-10-12-6-8-14(17)9-7-12/h2-9H,10-11H2,1H3. The molecule has 0 fully saturated rings. The molecule has 2 rings (SSSR count). The van der Waals surface area contributed by atoms with Crippen molar-refractivity contribution in [3.05, 3.63) is 69.7 Å². The lowest BCUT2D eigenvalue weighted by molar-refractivity contribution is 0.0590. The Balaban J connectivity index is 1.97. The van der Waals surface area contributed by atoms with E-state index in [-0.39, 0.29) is 5.97 Å². The Morgan fingerprint density at radius 3 is 2.45 bits per heavy atom. The van der Waals surface area contributed by atoms with Crippen LogP contribution in [0.25, 0.3) is 0 Å². The molecular formula is C16H15BrO3. The quantitative estimate of drug-likeness (QED) is 0.776. The lowest BCUT2D eigenvalue weighted by Crippen LogP contribution is -2.06. The van der Waals surface area contributed by atoms with Gasteiger partial charge in [0.1, 0.15) is 0 Å². The number of hydrogen-bond acceptors (Lipinski definition) is 3. The molecule has 0 aromatic heterocycles. The molecule has 2 aromatic carbocycles. The summed E-state index contributed by atoms with van der Waals surface area (Å²) in [5.41, 5.74) is 2.46. The summed E-state index contributed by atoms with van der Waals surface area (Å²) in [6, 6.07) is 15.2. The Morgan fingerprint density at radius 2 is 1.75 bits per heavy atom. The largest absolute Gasteiger partial charge is 0.465 e. The average molecular weight is 335 g/mol. The highest BCUT2D eigenvalue weighted by Gasteiger charge is 2.10. The van der Waals surface area contributed by atoms with Crippen LogP contribution in [0.5, 0.6) is 0 Å². The van der Waals surface area contributed by atoms with Gasteiger partial charge < -0.3 is 9.47 Å². The van der Waals surface area contributed by atoms with Crippen molar-refractivity contribution in [2.45, 2.75) is 13.2 Å². The number of rotatable bonds is 5. The second-order valence-corrected chi connectivity index (χ2v) is 5.18. The molecule has 2 aromatic rings. The fourth-order valence-electron chi connectivity index (χ4n) is 1.81. The SMILES string of the molecule is COC(=O)c1ccccc1COCc1ccc(Br)cc1. The Morgan fingerprint density at radius 1 is 1.05 bits per heavy atom. The van der Waals surface area contributed by atoms with Crippen LogP contribution >= 0.6 is 15.9 Å². The fraction of sp³-hybridized carbons (Fsp3) is 0.188. The van der Waals surface area contributed by atoms with E-state index in [0.29, 0.717) is 18.8 Å². The van der Waals surface area contributed by atoms with E-state index in [4.69, 9.17) is 9.47 Å². The predicted molar refractivity (Wildman–Crippen MR) is 80.4 cm³/mol. The van der Waals surface area contributed by atoms with Gasteiger partial charge in [-0.15, -0.1) is 0 Å². The van der Waals surface area contributed by atoms with E-state index in [1.54, 1.807) is 6.07 Å². The molecule has 0 aliphatic heterocycles. The van der Waals surface area contributed by atoms with Crippen LogP contribution in [0.4, 0.5) is 0 Å². The summed E-state index contributed by atoms with van der Waals surface area (Å²) in [6.45, 7) is 0.879. The fourth-order valence-corrected chi connectivity index (χ4v) is 2.08. The number of halogens is 1. The smallest absolute Gasteiger partial charge is 0.338 e. The van der Waals surface area contributed by atoms with Crippen LogP contribution in [0.1, 0.15) is 21.5 Å². The first kappa shape index (κ1) is 14.8. The lowest BCUT2D eigenvalue weighted by atomic mass is 10.1. The highest BCUT2D eigenvalue weighted by atomic mass is 79.9. The molecule has 0 saturated heterocycles. The molecule has 0 atom stereocenters. The van der Waals surface area contributed by atoms with Gasteiger partial charge in [-0.3, -0.25) is 0 Å². The Bertz CT molecular complexity index is 579. The van der Waals surface area contributed by atoms with Gasteiger partial charge >= 0.3 is 5.97 Å². The zero-order valence-corrected chi connectivity index (χ0v) is 12.7. The molecule has 20 heavy (non-hydrogen) atoms. The molecule has 104 valence electrons. The van der Waals surface area contributed by atoms with E-state index in [9.17, 15) is 4.79 Å². The van der Waals surface area contributed by atoms with Gasteiger partial charge in [-0.05, 0) is 29.3 Å². The minimum absolute atomic E-state index is 0.340. The van der Waals surface area contributed by atoms with Gasteiger partial charge in [-0.25, -0.2) is 4.79 Å². The highest BCUT2D eigenvalue weighted by molar-refractivity contribution is 9.10. The van der Waals surface area contributed by atoms with Crippen molar-refractivity contribution < 1.29 is 14.3 Å². The van der Waals surface area contributed by atoms with Gasteiger partial charge in [0.05, 0.1) is 25.9 Å². The zero-order chi connectivity index (χ0) is 14.4. The van der Waals surface area contributed by atoms with Crippen LogP contribution in [0.3, 0.4) is 0 Å². The van der Waals surface area contributed by atoms with Crippen LogP contribution in [-0.4, -0.2) is 13.1 Å². The Kier molecular flexibility index (Phi) is 5.32. The predicted octanol–water partition coefficient (Wildman–Crippen LogP) is 3.95. The molecule has 0 heterocycles. The van der Waals surface area contributed by atoms with E-state index in [2.05, 4.69) is 15.9 Å². The van der Waals surface area contributed by atoms with E-state index in [1.165, 1.54) is 7.11 Å². The van der Waals surface area contributed by atoms with Crippen molar-refractivity contribution >= 4 is 21.9 Å². The van der Waals surface area contributed by atoms with Gasteiger partial charge in [0, 0.05) is 4.47 Å². The molecular weight excluding hydrogens is 320 g/mol. The van der Waals surface area contributed by atoms with Crippen LogP contribution in [0.15, 0.2) is 53.0 Å². The molecule has 0 N–H and O–H groups in total. The molecule has 0 aliphatic carbocycles. The molecule has 0 saturated carbocycles. The third-order valence-corrected chi connectivity index (χ3v) is 3.39. The van der Waals surface area contributed by atoms with Gasteiger partial charge in [0.25, 0.3) is 0 Å². The first-order valence-electron chi connectivity index (χ1n) is 6.19. The maximum Gasteiger partial charge on any atom is 0.338 e. The number of esters is 1. The second kappa shape index (κ2) is 7.22. The first-order chi connectivity index (χ1) is 9.70. The topological polar surface area (TPSA) is 35.5 Å². The molecule has 0 bridgehead atoms. The summed E-state index contributed by atoms with van der Waals surface area (Å²) in [5, 5.41) is 0. The van der Waals surface area contributed by atoms with Crippen molar-refractivity contribution in [1.29, 1.82) is 0 Å². The average Bonchev–Trinajstić information content (AvgIpc) is 2.49. The number of hydrogen-bond donors (Lipinski definition) is 0. The molecule has 4 heteroatoms. The molecule has 0 aliphatic rings. The Hall–Kier alpha value is -1.65. The van der Waals surface area contributed by atoms with E-state index in [1.807, 2.05) is 42.5 Å². The molecule has 0 spiro atoms. The van der Waals surface area contributed by atoms with Gasteiger partial charge in [0.2, 0.25) is 0 Å². The van der Waals surface area contributed by atoms with Crippen LogP contribution in [0.2, 0.25) is 0 Å². The molecule has 3 nitrogen and oxygen atoms in total. The molecule has 0 unspecified atom stereocenters. The zero-order valence-electron chi connectivity index (χ0n) is 11.1. The van der Waals surface area contributed by atoms with Gasteiger partial charge in [-0.1, -0.05) is 46.3 Å². The van der Waals surface area contributed by atoms with Crippen molar-refractivity contribution in [3.63, 3.8) is 0 Å². The maximum absolute atomic E-state index is 11.6. The van der Waals surface area contributed by atoms with Crippen molar-refractivity contribution in [2.75, 3.05) is 7.11 Å². The summed E-state index contributed by atoms with van der Waals surface area (Å²) < 4.78 is 11.5. The Labute approximate surface area is 126 Å². The summed E-state index contributed by atoms with van der Waals surface area (Å²) in [6.07, 6.45) is 0. The van der Waals surface area contributed by atoms with Gasteiger partial charge in [-0.2, -0.15) is 0 Å². The highest BCUT2D eigenvalue weighted by Crippen LogP contribution is 2.14. The van der Waals surface area contributed by atoms with Crippen LogP contribution in [0, 0.1) is 0 Å².